The second-order valence-electron chi connectivity index (χ2n) is 5.95. The van der Waals surface area contributed by atoms with Gasteiger partial charge in [-0.15, -0.1) is 0 Å². The van der Waals surface area contributed by atoms with Gasteiger partial charge in [-0.25, -0.2) is 4.39 Å². The van der Waals surface area contributed by atoms with E-state index in [9.17, 15) is 14.0 Å². The van der Waals surface area contributed by atoms with Crippen molar-refractivity contribution < 1.29 is 18.7 Å². The van der Waals surface area contributed by atoms with Gasteiger partial charge in [0.1, 0.15) is 11.6 Å². The molecule has 0 radical (unpaired) electrons. The van der Waals surface area contributed by atoms with Gasteiger partial charge in [0, 0.05) is 25.2 Å². The zero-order chi connectivity index (χ0) is 18.0. The molecule has 0 spiro atoms. The van der Waals surface area contributed by atoms with Gasteiger partial charge in [0.05, 0.1) is 12.8 Å². The van der Waals surface area contributed by atoms with Crippen molar-refractivity contribution in [2.75, 3.05) is 25.1 Å². The maximum absolute atomic E-state index is 13.8. The Bertz CT molecular complexity index is 822. The Kier molecular flexibility index (Phi) is 4.70. The zero-order valence-corrected chi connectivity index (χ0v) is 14.2. The van der Waals surface area contributed by atoms with Crippen LogP contribution in [-0.4, -0.2) is 36.9 Å². The van der Waals surface area contributed by atoms with Crippen LogP contribution in [0.3, 0.4) is 0 Å². The fourth-order valence-corrected chi connectivity index (χ4v) is 2.90. The molecule has 25 heavy (non-hydrogen) atoms. The Morgan fingerprint density at radius 3 is 2.56 bits per heavy atom. The van der Waals surface area contributed by atoms with Crippen LogP contribution in [0.2, 0.25) is 0 Å². The summed E-state index contributed by atoms with van der Waals surface area (Å²) in [5.41, 5.74) is 1.93. The van der Waals surface area contributed by atoms with Crippen molar-refractivity contribution in [2.45, 2.75) is 13.5 Å². The number of benzene rings is 2. The number of amides is 2. The molecule has 0 N–H and O–H groups in total. The number of rotatable bonds is 4. The minimum absolute atomic E-state index is 0.0794. The van der Waals surface area contributed by atoms with E-state index in [2.05, 4.69) is 0 Å². The monoisotopic (exact) mass is 342 g/mol. The molecule has 0 aromatic heterocycles. The van der Waals surface area contributed by atoms with E-state index < -0.39 is 11.8 Å². The molecule has 2 amide bonds. The molecule has 1 aliphatic rings. The molecule has 0 saturated carbocycles. The number of carbonyl (C=O) groups is 2. The number of hydrogen-bond acceptors (Lipinski definition) is 3. The standard InChI is InChI=1S/C19H19FN2O3/c1-13-7-8-17(25-2)16(11-13)22-10-9-21(18(23)19(22)24)12-14-5-3-4-6-15(14)20/h3-8,11H,9-10,12H2,1-2H3. The van der Waals surface area contributed by atoms with Gasteiger partial charge in [0.15, 0.2) is 0 Å². The summed E-state index contributed by atoms with van der Waals surface area (Å²) in [5, 5.41) is 0. The van der Waals surface area contributed by atoms with Crippen LogP contribution in [0.5, 0.6) is 5.75 Å². The van der Waals surface area contributed by atoms with Crippen LogP contribution in [-0.2, 0) is 16.1 Å². The van der Waals surface area contributed by atoms with Crippen LogP contribution in [0.25, 0.3) is 0 Å². The van der Waals surface area contributed by atoms with Gasteiger partial charge in [0.25, 0.3) is 0 Å². The smallest absolute Gasteiger partial charge is 0.316 e. The molecule has 1 aliphatic heterocycles. The Labute approximate surface area is 145 Å². The van der Waals surface area contributed by atoms with Gasteiger partial charge in [-0.3, -0.25) is 14.5 Å². The SMILES string of the molecule is COc1ccc(C)cc1N1CCN(Cc2ccccc2F)C(=O)C1=O. The Balaban J connectivity index is 1.82. The highest BCUT2D eigenvalue weighted by Gasteiger charge is 2.34. The van der Waals surface area contributed by atoms with Crippen molar-refractivity contribution in [3.63, 3.8) is 0 Å². The molecule has 1 saturated heterocycles. The predicted octanol–water partition coefficient (Wildman–Crippen LogP) is 2.52. The molecule has 0 bridgehead atoms. The predicted molar refractivity (Wildman–Crippen MR) is 91.9 cm³/mol. The van der Waals surface area contributed by atoms with Crippen LogP contribution in [0, 0.1) is 12.7 Å². The van der Waals surface area contributed by atoms with E-state index in [1.165, 1.54) is 23.0 Å². The number of piperazine rings is 1. The van der Waals surface area contributed by atoms with Crippen molar-refractivity contribution in [1.29, 1.82) is 0 Å². The van der Waals surface area contributed by atoms with Crippen molar-refractivity contribution in [3.8, 4) is 5.75 Å². The van der Waals surface area contributed by atoms with Gasteiger partial charge in [0.2, 0.25) is 0 Å². The van der Waals surface area contributed by atoms with Crippen LogP contribution in [0.15, 0.2) is 42.5 Å². The van der Waals surface area contributed by atoms with Crippen LogP contribution in [0.4, 0.5) is 10.1 Å². The molecule has 0 aliphatic carbocycles. The Morgan fingerprint density at radius 1 is 1.08 bits per heavy atom. The largest absolute Gasteiger partial charge is 0.495 e. The van der Waals surface area contributed by atoms with Gasteiger partial charge in [-0.2, -0.15) is 0 Å². The molecular weight excluding hydrogens is 323 g/mol. The van der Waals surface area contributed by atoms with Gasteiger partial charge < -0.3 is 9.64 Å². The molecule has 6 heteroatoms. The minimum Gasteiger partial charge on any atom is -0.495 e. The van der Waals surface area contributed by atoms with Crippen molar-refractivity contribution in [1.82, 2.24) is 4.90 Å². The first-order chi connectivity index (χ1) is 12.0. The Hall–Kier alpha value is -2.89. The number of halogens is 1. The summed E-state index contributed by atoms with van der Waals surface area (Å²) in [7, 11) is 1.52. The highest BCUT2D eigenvalue weighted by atomic mass is 19.1. The van der Waals surface area contributed by atoms with Gasteiger partial charge in [-0.1, -0.05) is 24.3 Å². The van der Waals surface area contributed by atoms with Gasteiger partial charge >= 0.3 is 11.8 Å². The highest BCUT2D eigenvalue weighted by molar-refractivity contribution is 6.41. The fraction of sp³-hybridized carbons (Fsp3) is 0.263. The number of nitrogens with zero attached hydrogens (tertiary/aromatic N) is 2. The molecule has 130 valence electrons. The highest BCUT2D eigenvalue weighted by Crippen LogP contribution is 2.31. The van der Waals surface area contributed by atoms with E-state index in [1.54, 1.807) is 24.3 Å². The molecule has 5 nitrogen and oxygen atoms in total. The molecule has 2 aromatic carbocycles. The van der Waals surface area contributed by atoms with Gasteiger partial charge in [-0.05, 0) is 30.7 Å². The summed E-state index contributed by atoms with van der Waals surface area (Å²) in [6.07, 6.45) is 0. The third kappa shape index (κ3) is 3.33. The molecule has 0 atom stereocenters. The van der Waals surface area contributed by atoms with E-state index >= 15 is 0 Å². The number of hydrogen-bond donors (Lipinski definition) is 0. The molecular formula is C19H19FN2O3. The maximum atomic E-state index is 13.8. The lowest BCUT2D eigenvalue weighted by Crippen LogP contribution is -2.54. The normalized spacial score (nSPS) is 14.8. The van der Waals surface area contributed by atoms with E-state index in [1.807, 2.05) is 19.1 Å². The number of carbonyl (C=O) groups excluding carboxylic acids is 2. The number of methoxy groups -OCH3 is 1. The summed E-state index contributed by atoms with van der Waals surface area (Å²) < 4.78 is 19.1. The summed E-state index contributed by atoms with van der Waals surface area (Å²) in [6, 6.07) is 11.7. The summed E-state index contributed by atoms with van der Waals surface area (Å²) in [4.78, 5) is 27.9. The molecule has 3 rings (SSSR count). The molecule has 1 heterocycles. The molecule has 2 aromatic rings. The first-order valence-corrected chi connectivity index (χ1v) is 8.00. The number of aryl methyl sites for hydroxylation is 1. The van der Waals surface area contributed by atoms with Crippen LogP contribution < -0.4 is 9.64 Å². The van der Waals surface area contributed by atoms with E-state index in [4.69, 9.17) is 4.74 Å². The fourth-order valence-electron chi connectivity index (χ4n) is 2.90. The summed E-state index contributed by atoms with van der Waals surface area (Å²) in [5.74, 6) is -1.12. The summed E-state index contributed by atoms with van der Waals surface area (Å²) >= 11 is 0. The third-order valence-electron chi connectivity index (χ3n) is 4.25. The maximum Gasteiger partial charge on any atom is 0.316 e. The van der Waals surface area contributed by atoms with E-state index in [-0.39, 0.29) is 12.4 Å². The Morgan fingerprint density at radius 2 is 1.84 bits per heavy atom. The average Bonchev–Trinajstić information content (AvgIpc) is 2.61. The average molecular weight is 342 g/mol. The lowest BCUT2D eigenvalue weighted by atomic mass is 10.1. The van der Waals surface area contributed by atoms with Crippen molar-refractivity contribution in [2.24, 2.45) is 0 Å². The number of ether oxygens (including phenoxy) is 1. The zero-order valence-electron chi connectivity index (χ0n) is 14.2. The third-order valence-corrected chi connectivity index (χ3v) is 4.25. The van der Waals surface area contributed by atoms with Crippen LogP contribution >= 0.6 is 0 Å². The second-order valence-corrected chi connectivity index (χ2v) is 5.95. The summed E-state index contributed by atoms with van der Waals surface area (Å²) in [6.45, 7) is 2.65. The minimum atomic E-state index is -0.641. The second kappa shape index (κ2) is 6.93. The first-order valence-electron chi connectivity index (χ1n) is 8.00. The number of anilines is 1. The lowest BCUT2D eigenvalue weighted by Gasteiger charge is -2.34. The van der Waals surface area contributed by atoms with Crippen molar-refractivity contribution >= 4 is 17.5 Å². The molecule has 1 fully saturated rings. The topological polar surface area (TPSA) is 49.9 Å². The molecule has 0 unspecified atom stereocenters. The quantitative estimate of drug-likeness (QED) is 0.802. The van der Waals surface area contributed by atoms with E-state index in [0.29, 0.717) is 30.1 Å². The van der Waals surface area contributed by atoms with Crippen molar-refractivity contribution in [3.05, 3.63) is 59.4 Å². The lowest BCUT2D eigenvalue weighted by molar-refractivity contribution is -0.146. The van der Waals surface area contributed by atoms with E-state index in [0.717, 1.165) is 5.56 Å². The van der Waals surface area contributed by atoms with Crippen LogP contribution in [0.1, 0.15) is 11.1 Å². The first kappa shape index (κ1) is 17.0.